The van der Waals surface area contributed by atoms with Crippen LogP contribution in [0.25, 0.3) is 0 Å². The highest BCUT2D eigenvalue weighted by atomic mass is 16.3. The van der Waals surface area contributed by atoms with Crippen molar-refractivity contribution in [3.8, 4) is 0 Å². The maximum absolute atomic E-state index is 11.9. The summed E-state index contributed by atoms with van der Waals surface area (Å²) in [4.78, 5) is 13.7. The Bertz CT molecular complexity index is 324. The SMILES string of the molecule is CCCC(=O)N(CCC[O])Cc1ccccc1. The summed E-state index contributed by atoms with van der Waals surface area (Å²) in [6.07, 6.45) is 1.94. The molecule has 0 N–H and O–H groups in total. The highest BCUT2D eigenvalue weighted by Crippen LogP contribution is 2.07. The summed E-state index contributed by atoms with van der Waals surface area (Å²) in [5, 5.41) is 10.5. The van der Waals surface area contributed by atoms with Crippen molar-refractivity contribution in [2.24, 2.45) is 0 Å². The normalized spacial score (nSPS) is 10.2. The van der Waals surface area contributed by atoms with Gasteiger partial charge in [0.15, 0.2) is 0 Å². The van der Waals surface area contributed by atoms with E-state index in [9.17, 15) is 9.90 Å². The van der Waals surface area contributed by atoms with Gasteiger partial charge < -0.3 is 4.90 Å². The van der Waals surface area contributed by atoms with Gasteiger partial charge in [-0.3, -0.25) is 4.79 Å². The van der Waals surface area contributed by atoms with Crippen LogP contribution in [-0.4, -0.2) is 24.0 Å². The molecule has 0 bridgehead atoms. The van der Waals surface area contributed by atoms with Gasteiger partial charge >= 0.3 is 0 Å². The largest absolute Gasteiger partial charge is 0.338 e. The molecule has 0 aliphatic heterocycles. The van der Waals surface area contributed by atoms with Crippen LogP contribution in [-0.2, 0) is 16.4 Å². The number of hydrogen-bond acceptors (Lipinski definition) is 1. The van der Waals surface area contributed by atoms with Gasteiger partial charge in [0.05, 0.1) is 6.61 Å². The Morgan fingerprint density at radius 3 is 2.53 bits per heavy atom. The van der Waals surface area contributed by atoms with Gasteiger partial charge in [-0.15, -0.1) is 0 Å². The molecule has 1 aromatic carbocycles. The predicted octanol–water partition coefficient (Wildman–Crippen LogP) is 2.64. The van der Waals surface area contributed by atoms with Crippen LogP contribution in [0.3, 0.4) is 0 Å². The van der Waals surface area contributed by atoms with Gasteiger partial charge in [0, 0.05) is 19.5 Å². The second-order valence-electron chi connectivity index (χ2n) is 4.11. The van der Waals surface area contributed by atoms with Crippen LogP contribution in [0, 0.1) is 0 Å². The molecule has 0 spiro atoms. The molecule has 0 saturated heterocycles. The fraction of sp³-hybridized carbons (Fsp3) is 0.500. The minimum atomic E-state index is -0.120. The lowest BCUT2D eigenvalue weighted by Gasteiger charge is -2.22. The molecule has 0 aromatic heterocycles. The van der Waals surface area contributed by atoms with Crippen LogP contribution in [0.5, 0.6) is 0 Å². The Morgan fingerprint density at radius 1 is 1.24 bits per heavy atom. The molecule has 1 amide bonds. The minimum absolute atomic E-state index is 0.120. The number of nitrogens with zero attached hydrogens (tertiary/aromatic N) is 1. The zero-order valence-electron chi connectivity index (χ0n) is 10.4. The van der Waals surface area contributed by atoms with Crippen LogP contribution < -0.4 is 0 Å². The standard InChI is InChI=1S/C14H20NO2/c1-2-7-14(17)15(10-6-11-16)12-13-8-4-3-5-9-13/h3-5,8-9H,2,6-7,10-12H2,1H3. The van der Waals surface area contributed by atoms with Crippen LogP contribution in [0.4, 0.5) is 0 Å². The molecule has 0 aliphatic carbocycles. The van der Waals surface area contributed by atoms with Crippen LogP contribution in [0.15, 0.2) is 30.3 Å². The van der Waals surface area contributed by atoms with Crippen LogP contribution in [0.2, 0.25) is 0 Å². The second-order valence-corrected chi connectivity index (χ2v) is 4.11. The van der Waals surface area contributed by atoms with E-state index in [-0.39, 0.29) is 12.5 Å². The smallest absolute Gasteiger partial charge is 0.222 e. The first-order valence-corrected chi connectivity index (χ1v) is 6.17. The molecule has 0 heterocycles. The third-order valence-corrected chi connectivity index (χ3v) is 2.61. The molecular formula is C14H20NO2. The van der Waals surface area contributed by atoms with Crippen molar-refractivity contribution in [3.05, 3.63) is 35.9 Å². The molecule has 3 heteroatoms. The Labute approximate surface area is 103 Å². The molecule has 0 unspecified atom stereocenters. The molecule has 0 fully saturated rings. The number of carbonyl (C=O) groups is 1. The first-order valence-electron chi connectivity index (χ1n) is 6.17. The number of carbonyl (C=O) groups excluding carboxylic acids is 1. The molecule has 93 valence electrons. The summed E-state index contributed by atoms with van der Waals surface area (Å²) >= 11 is 0. The molecule has 0 atom stereocenters. The molecule has 0 saturated carbocycles. The van der Waals surface area contributed by atoms with E-state index in [1.165, 1.54) is 0 Å². The first kappa shape index (κ1) is 13.7. The maximum atomic E-state index is 11.9. The predicted molar refractivity (Wildman–Crippen MR) is 66.9 cm³/mol. The third kappa shape index (κ3) is 5.00. The fourth-order valence-corrected chi connectivity index (χ4v) is 1.72. The minimum Gasteiger partial charge on any atom is -0.338 e. The summed E-state index contributed by atoms with van der Waals surface area (Å²) in [6.45, 7) is 3.05. The Kier molecular flexibility index (Phi) is 6.33. The van der Waals surface area contributed by atoms with Gasteiger partial charge in [0.1, 0.15) is 0 Å². The van der Waals surface area contributed by atoms with Crippen molar-refractivity contribution in [3.63, 3.8) is 0 Å². The van der Waals surface area contributed by atoms with Crippen molar-refractivity contribution in [1.82, 2.24) is 4.90 Å². The van der Waals surface area contributed by atoms with Crippen LogP contribution >= 0.6 is 0 Å². The van der Waals surface area contributed by atoms with Gasteiger partial charge in [-0.1, -0.05) is 37.3 Å². The summed E-state index contributed by atoms with van der Waals surface area (Å²) < 4.78 is 0. The number of benzene rings is 1. The van der Waals surface area contributed by atoms with E-state index in [0.717, 1.165) is 12.0 Å². The second kappa shape index (κ2) is 7.85. The van der Waals surface area contributed by atoms with E-state index >= 15 is 0 Å². The Balaban J connectivity index is 2.59. The third-order valence-electron chi connectivity index (χ3n) is 2.61. The summed E-state index contributed by atoms with van der Waals surface area (Å²) in [7, 11) is 0. The molecule has 17 heavy (non-hydrogen) atoms. The van der Waals surface area contributed by atoms with Crippen molar-refractivity contribution < 1.29 is 9.90 Å². The fourth-order valence-electron chi connectivity index (χ4n) is 1.72. The molecule has 0 aliphatic rings. The average molecular weight is 234 g/mol. The number of rotatable bonds is 7. The van der Waals surface area contributed by atoms with E-state index in [0.29, 0.717) is 25.9 Å². The van der Waals surface area contributed by atoms with E-state index in [2.05, 4.69) is 0 Å². The molecule has 1 aromatic rings. The number of amides is 1. The quantitative estimate of drug-likeness (QED) is 0.715. The van der Waals surface area contributed by atoms with E-state index in [4.69, 9.17) is 0 Å². The van der Waals surface area contributed by atoms with E-state index < -0.39 is 0 Å². The lowest BCUT2D eigenvalue weighted by molar-refractivity contribution is -0.132. The highest BCUT2D eigenvalue weighted by molar-refractivity contribution is 5.76. The van der Waals surface area contributed by atoms with Crippen molar-refractivity contribution in [1.29, 1.82) is 0 Å². The van der Waals surface area contributed by atoms with Gasteiger partial charge in [0.25, 0.3) is 0 Å². The van der Waals surface area contributed by atoms with Gasteiger partial charge in [-0.2, -0.15) is 0 Å². The first-order chi connectivity index (χ1) is 8.27. The van der Waals surface area contributed by atoms with Gasteiger partial charge in [-0.05, 0) is 18.4 Å². The number of hydrogen-bond donors (Lipinski definition) is 0. The van der Waals surface area contributed by atoms with Crippen molar-refractivity contribution >= 4 is 5.91 Å². The van der Waals surface area contributed by atoms with Gasteiger partial charge in [0.2, 0.25) is 5.91 Å². The lowest BCUT2D eigenvalue weighted by Crippen LogP contribution is -2.31. The van der Waals surface area contributed by atoms with Crippen molar-refractivity contribution in [2.75, 3.05) is 13.2 Å². The van der Waals surface area contributed by atoms with E-state index in [1.807, 2.05) is 37.3 Å². The monoisotopic (exact) mass is 234 g/mol. The zero-order valence-corrected chi connectivity index (χ0v) is 10.4. The maximum Gasteiger partial charge on any atom is 0.222 e. The summed E-state index contributed by atoms with van der Waals surface area (Å²) in [5.74, 6) is 0.143. The molecule has 3 nitrogen and oxygen atoms in total. The summed E-state index contributed by atoms with van der Waals surface area (Å²) in [5.41, 5.74) is 1.11. The van der Waals surface area contributed by atoms with Crippen LogP contribution in [0.1, 0.15) is 31.7 Å². The highest BCUT2D eigenvalue weighted by Gasteiger charge is 2.12. The van der Waals surface area contributed by atoms with Gasteiger partial charge in [-0.25, -0.2) is 5.11 Å². The molecular weight excluding hydrogens is 214 g/mol. The topological polar surface area (TPSA) is 40.2 Å². The lowest BCUT2D eigenvalue weighted by atomic mass is 10.2. The summed E-state index contributed by atoms with van der Waals surface area (Å²) in [6, 6.07) is 9.89. The molecule has 1 rings (SSSR count). The van der Waals surface area contributed by atoms with E-state index in [1.54, 1.807) is 4.90 Å². The Hall–Kier alpha value is -1.35. The van der Waals surface area contributed by atoms with Crippen molar-refractivity contribution in [2.45, 2.75) is 32.7 Å². The average Bonchev–Trinajstić information content (AvgIpc) is 2.36. The Morgan fingerprint density at radius 2 is 1.94 bits per heavy atom. The zero-order chi connectivity index (χ0) is 12.5. The molecule has 1 radical (unpaired) electrons.